The van der Waals surface area contributed by atoms with E-state index in [-0.39, 0.29) is 14.9 Å². The molecule has 5 aliphatic rings. The van der Waals surface area contributed by atoms with E-state index < -0.39 is 32.6 Å². The van der Waals surface area contributed by atoms with E-state index in [2.05, 4.69) is 139 Å². The highest BCUT2D eigenvalue weighted by Gasteiger charge is 2.52. The first kappa shape index (κ1) is 84.1. The molecule has 0 spiro atoms. The fraction of sp³-hybridized carbons (Fsp3) is 0.500. The Bertz CT molecular complexity index is 4310. The zero-order chi connectivity index (χ0) is 74.3. The number of halogens is 3. The van der Waals surface area contributed by atoms with Crippen LogP contribution in [0.3, 0.4) is 0 Å². The number of anilines is 10. The molecule has 4 N–H and O–H groups in total. The van der Waals surface area contributed by atoms with Gasteiger partial charge in [0.1, 0.15) is 40.4 Å². The van der Waals surface area contributed by atoms with Crippen molar-refractivity contribution in [1.82, 2.24) is 49.5 Å². The number of aromatic nitrogens is 6. The lowest BCUT2D eigenvalue weighted by Gasteiger charge is -2.43. The number of likely N-dealkylation sites (N-methyl/N-ethyl adjacent to an activating group) is 2. The van der Waals surface area contributed by atoms with Gasteiger partial charge in [-0.25, -0.2) is 19.9 Å². The van der Waals surface area contributed by atoms with Crippen molar-refractivity contribution >= 4 is 157 Å². The minimum atomic E-state index is -2.76. The summed E-state index contributed by atoms with van der Waals surface area (Å²) in [5, 5.41) is 19.3. The van der Waals surface area contributed by atoms with Crippen molar-refractivity contribution in [2.45, 2.75) is 118 Å². The Morgan fingerprint density at radius 2 is 0.991 bits per heavy atom. The summed E-state index contributed by atoms with van der Waals surface area (Å²) in [7, 11) is 1.81. The van der Waals surface area contributed by atoms with Gasteiger partial charge in [-0.05, 0) is 176 Å². The van der Waals surface area contributed by atoms with Gasteiger partial charge in [-0.1, -0.05) is 64.0 Å². The molecule has 4 aromatic heterocycles. The summed E-state index contributed by atoms with van der Waals surface area (Å²) in [5.41, 5.74) is 13.0. The second-order valence-corrected chi connectivity index (χ2v) is 38.4. The minimum absolute atomic E-state index is 0. The third kappa shape index (κ3) is 20.7. The molecule has 0 unspecified atom stereocenters. The van der Waals surface area contributed by atoms with Gasteiger partial charge in [0, 0.05) is 141 Å². The molecule has 5 aliphatic heterocycles. The number of hydrogen-bond acceptors (Lipinski definition) is 24. The van der Waals surface area contributed by atoms with Crippen LogP contribution < -0.4 is 56.6 Å². The Balaban J connectivity index is 0.000000223. The summed E-state index contributed by atoms with van der Waals surface area (Å²) in [6.07, 6.45) is 9.55. The number of hydrogen-bond donors (Lipinski definition) is 4. The van der Waals surface area contributed by atoms with Crippen LogP contribution in [0.5, 0.6) is 11.5 Å². The average molecular weight is 1630 g/mol. The summed E-state index contributed by atoms with van der Waals surface area (Å²) in [5.74, 6) is 2.97. The number of ether oxygens (including phenoxy) is 2. The number of thiazole rings is 2. The van der Waals surface area contributed by atoms with E-state index in [1.807, 2.05) is 74.9 Å². The van der Waals surface area contributed by atoms with E-state index >= 15 is 0 Å². The lowest BCUT2D eigenvalue weighted by atomic mass is 9.79. The Hall–Kier alpha value is -5.96. The standard InChI is InChI=1S/C37H54BClN7O4P.C34H44ClN8O2PS.C3H2BrNS.2CH4/c1-10-25-21-30(32(48-7)23-31(25)46-15-13-27(14-16-46)45-19-17-44(6)18-20-45)42-35-40-24-28(39)34(43-35)41-29-12-11-26(22-33(29)51(8,9)47)38-49-36(2,3)37(4,5)50-38;1-6-23-17-28(31(45-3)19-30(23)43-11-9-25(10-12-43)42-15-13-41(2)14-16-42)39-34-36-20-26(35)33(40-34)38-27-8-7-24(29-21-47-22-37-29)18-32(27)46(4,5)44;4-3-1-6-2-5-3;;/h11-12,21-24,27H,10,13-20H2,1-9H3,(H2,40,41,42,43);7-8,17-22,25H,6,9-16H2,1-5H3,(H2,36,38,39,40);1-2H;2*1H4. The lowest BCUT2D eigenvalue weighted by Crippen LogP contribution is -2.52. The van der Waals surface area contributed by atoms with Crippen molar-refractivity contribution < 1.29 is 27.9 Å². The predicted octanol–water partition coefficient (Wildman–Crippen LogP) is 15.9. The van der Waals surface area contributed by atoms with E-state index in [4.69, 9.17) is 52.0 Å². The quantitative estimate of drug-likeness (QED) is 0.0412. The van der Waals surface area contributed by atoms with Crippen LogP contribution in [-0.4, -0.2) is 213 Å². The molecule has 5 saturated heterocycles. The number of aryl methyl sites for hydroxylation is 2. The van der Waals surface area contributed by atoms with Gasteiger partial charge in [-0.2, -0.15) is 9.97 Å². The molecular formula is C76H108BBrCl2N16O6P2S2. The summed E-state index contributed by atoms with van der Waals surface area (Å²) in [6, 6.07) is 21.4. The van der Waals surface area contributed by atoms with Crippen LogP contribution >= 0.6 is 76.1 Å². The largest absolute Gasteiger partial charge is 0.494 e. The first-order chi connectivity index (χ1) is 49.6. The van der Waals surface area contributed by atoms with Gasteiger partial charge in [0.2, 0.25) is 11.9 Å². The topological polar surface area (TPSA) is 216 Å². The van der Waals surface area contributed by atoms with E-state index in [9.17, 15) is 9.13 Å². The zero-order valence-electron chi connectivity index (χ0n) is 62.4. The summed E-state index contributed by atoms with van der Waals surface area (Å²) >= 11 is 19.5. The first-order valence-electron chi connectivity index (χ1n) is 35.7. The number of nitrogens with one attached hydrogen (secondary N) is 4. The Morgan fingerprint density at radius 1 is 0.566 bits per heavy atom. The molecule has 0 saturated carbocycles. The Kier molecular flexibility index (Phi) is 29.1. The van der Waals surface area contributed by atoms with Crippen LogP contribution in [0, 0.1) is 0 Å². The van der Waals surface area contributed by atoms with Crippen LogP contribution in [0.4, 0.5) is 57.7 Å². The van der Waals surface area contributed by atoms with Crippen molar-refractivity contribution in [3.8, 4) is 22.8 Å². The summed E-state index contributed by atoms with van der Waals surface area (Å²) in [4.78, 5) is 41.9. The molecule has 5 fully saturated rings. The molecule has 13 rings (SSSR count). The minimum Gasteiger partial charge on any atom is -0.494 e. The third-order valence-electron chi connectivity index (χ3n) is 20.6. The van der Waals surface area contributed by atoms with E-state index in [1.54, 1.807) is 75.6 Å². The predicted molar refractivity (Wildman–Crippen MR) is 452 cm³/mol. The second-order valence-electron chi connectivity index (χ2n) is 28.9. The second kappa shape index (κ2) is 36.7. The molecule has 0 atom stereocenters. The van der Waals surface area contributed by atoms with E-state index in [0.717, 1.165) is 148 Å². The molecule has 106 heavy (non-hydrogen) atoms. The number of benzene rings is 4. The number of nitrogens with zero attached hydrogens (tertiary/aromatic N) is 12. The normalized spacial score (nSPS) is 17.6. The van der Waals surface area contributed by atoms with Crippen LogP contribution in [0.25, 0.3) is 11.3 Å². The van der Waals surface area contributed by atoms with Crippen molar-refractivity contribution in [2.24, 2.45) is 0 Å². The molecule has 22 nitrogen and oxygen atoms in total. The highest BCUT2D eigenvalue weighted by molar-refractivity contribution is 9.10. The van der Waals surface area contributed by atoms with Gasteiger partial charge in [0.05, 0.1) is 77.3 Å². The molecule has 0 aliphatic carbocycles. The van der Waals surface area contributed by atoms with Gasteiger partial charge in [0.15, 0.2) is 11.6 Å². The fourth-order valence-corrected chi connectivity index (χ4v) is 17.9. The Morgan fingerprint density at radius 3 is 1.37 bits per heavy atom. The SMILES string of the molecule is Brc1cscn1.C.C.CCc1cc(Nc2ncc(Cl)c(Nc3ccc(-c4cscn4)cc3P(C)(C)=O)n2)c(OC)cc1N1CCC(N2CCN(C)CC2)CC1.CCc1cc(Nc2ncc(Cl)c(Nc3ccc(B4OC(C)(C)C(C)(C)O4)cc3P(C)(C)=O)n2)c(OC)cc1N1CCC(N2CCN(C)CC2)CC1. The number of piperazine rings is 2. The van der Waals surface area contributed by atoms with Crippen molar-refractivity contribution in [3.05, 3.63) is 121 Å². The highest BCUT2D eigenvalue weighted by atomic mass is 79.9. The molecule has 30 heteroatoms. The van der Waals surface area contributed by atoms with Crippen molar-refractivity contribution in [2.75, 3.05) is 165 Å². The maximum absolute atomic E-state index is 13.6. The molecular weight excluding hydrogens is 1520 g/mol. The number of piperidine rings is 2. The van der Waals surface area contributed by atoms with Crippen LogP contribution in [0.15, 0.2) is 99.4 Å². The van der Waals surface area contributed by atoms with Gasteiger partial charge in [0.25, 0.3) is 0 Å². The lowest BCUT2D eigenvalue weighted by molar-refractivity contribution is 0.00578. The van der Waals surface area contributed by atoms with Gasteiger partial charge in [-0.15, -0.1) is 22.7 Å². The van der Waals surface area contributed by atoms with E-state index in [0.29, 0.717) is 67.6 Å². The summed E-state index contributed by atoms with van der Waals surface area (Å²) < 4.78 is 52.2. The molecule has 574 valence electrons. The fourth-order valence-electron chi connectivity index (χ4n) is 13.8. The van der Waals surface area contributed by atoms with E-state index in [1.165, 1.54) is 46.7 Å². The maximum Gasteiger partial charge on any atom is 0.494 e. The zero-order valence-corrected chi connectivity index (χ0v) is 68.9. The van der Waals surface area contributed by atoms with Crippen molar-refractivity contribution in [3.63, 3.8) is 0 Å². The average Bonchev–Trinajstić information content (AvgIpc) is 1.58. The van der Waals surface area contributed by atoms with Crippen LogP contribution in [-0.2, 0) is 31.3 Å². The molecule has 0 amide bonds. The number of methoxy groups -OCH3 is 2. The number of rotatable bonds is 20. The summed E-state index contributed by atoms with van der Waals surface area (Å²) in [6.45, 7) is 32.8. The maximum atomic E-state index is 13.6. The third-order valence-corrected chi connectivity index (χ3v) is 26.1. The molecule has 9 heterocycles. The molecule has 0 bridgehead atoms. The van der Waals surface area contributed by atoms with Crippen LogP contribution in [0.2, 0.25) is 10.0 Å². The van der Waals surface area contributed by atoms with Gasteiger partial charge in [-0.3, -0.25) is 9.80 Å². The molecule has 4 aromatic carbocycles. The molecule has 8 aromatic rings. The van der Waals surface area contributed by atoms with Gasteiger partial charge < -0.3 is 68.8 Å². The Labute approximate surface area is 655 Å². The smallest absolute Gasteiger partial charge is 0.494 e. The van der Waals surface area contributed by atoms with Gasteiger partial charge >= 0.3 is 7.12 Å². The van der Waals surface area contributed by atoms with Crippen LogP contribution in [0.1, 0.15) is 93.2 Å². The van der Waals surface area contributed by atoms with Crippen molar-refractivity contribution in [1.29, 1.82) is 0 Å². The monoisotopic (exact) mass is 1630 g/mol. The molecule has 0 radical (unpaired) electrons. The highest BCUT2D eigenvalue weighted by Crippen LogP contribution is 2.44. The first-order valence-corrected chi connectivity index (χ1v) is 44.3.